The van der Waals surface area contributed by atoms with E-state index < -0.39 is 0 Å². The molecule has 136 valence electrons. The number of aryl methyl sites for hydroxylation is 3. The van der Waals surface area contributed by atoms with E-state index in [1.165, 1.54) is 23.1 Å². The molecule has 2 N–H and O–H groups in total. The van der Waals surface area contributed by atoms with Crippen LogP contribution in [0.3, 0.4) is 0 Å². The molecule has 0 aliphatic heterocycles. The minimum absolute atomic E-state index is 0.119. The lowest BCUT2D eigenvalue weighted by atomic mass is 10.2. The van der Waals surface area contributed by atoms with Crippen molar-refractivity contribution in [3.63, 3.8) is 0 Å². The summed E-state index contributed by atoms with van der Waals surface area (Å²) in [5.41, 5.74) is 2.49. The summed E-state index contributed by atoms with van der Waals surface area (Å²) in [5.74, 6) is 1.18. The van der Waals surface area contributed by atoms with Crippen molar-refractivity contribution in [1.82, 2.24) is 9.97 Å². The number of aromatic amines is 1. The summed E-state index contributed by atoms with van der Waals surface area (Å²) >= 11 is 8.97. The molecular weight excluding hydrogens is 390 g/mol. The monoisotopic (exact) mass is 407 g/mol. The number of fused-ring (bicyclic) bond motifs is 1. The first-order chi connectivity index (χ1) is 12.3. The first-order valence-electron chi connectivity index (χ1n) is 7.98. The number of nitrogens with one attached hydrogen (secondary N) is 2. The van der Waals surface area contributed by atoms with Crippen LogP contribution in [0.4, 0.5) is 5.69 Å². The standard InChI is InChI=1S/C18H18ClN3O2S2/c1-9-4-5-12(6-13(9)19)20-15(23)8-25-7-14-21-17(24)16-10(2)11(3)26-18(16)22-14/h4-6H,7-8H2,1-3H3,(H,20,23)(H,21,22,24). The Labute approximate surface area is 164 Å². The molecule has 1 amide bonds. The number of thioether (sulfide) groups is 1. The largest absolute Gasteiger partial charge is 0.325 e. The Bertz CT molecular complexity index is 1040. The van der Waals surface area contributed by atoms with Gasteiger partial charge in [-0.05, 0) is 44.0 Å². The average molecular weight is 408 g/mol. The summed E-state index contributed by atoms with van der Waals surface area (Å²) < 4.78 is 0. The fourth-order valence-corrected chi connectivity index (χ4v) is 4.39. The highest BCUT2D eigenvalue weighted by molar-refractivity contribution is 7.99. The maximum atomic E-state index is 12.2. The van der Waals surface area contributed by atoms with Gasteiger partial charge < -0.3 is 10.3 Å². The van der Waals surface area contributed by atoms with E-state index in [1.807, 2.05) is 32.9 Å². The molecule has 26 heavy (non-hydrogen) atoms. The third-order valence-electron chi connectivity index (χ3n) is 4.02. The van der Waals surface area contributed by atoms with E-state index in [-0.39, 0.29) is 17.2 Å². The van der Waals surface area contributed by atoms with Gasteiger partial charge in [0.2, 0.25) is 5.91 Å². The van der Waals surface area contributed by atoms with Crippen LogP contribution in [0.25, 0.3) is 10.2 Å². The Hall–Kier alpha value is -1.83. The average Bonchev–Trinajstić information content (AvgIpc) is 2.86. The number of thiophene rings is 1. The Balaban J connectivity index is 1.60. The van der Waals surface area contributed by atoms with Gasteiger partial charge in [0.1, 0.15) is 10.7 Å². The molecule has 3 rings (SSSR count). The van der Waals surface area contributed by atoms with Crippen LogP contribution >= 0.6 is 34.7 Å². The summed E-state index contributed by atoms with van der Waals surface area (Å²) in [6.45, 7) is 5.82. The predicted molar refractivity (Wildman–Crippen MR) is 111 cm³/mol. The number of carbonyl (C=O) groups is 1. The highest BCUT2D eigenvalue weighted by atomic mass is 35.5. The van der Waals surface area contributed by atoms with E-state index in [9.17, 15) is 9.59 Å². The van der Waals surface area contributed by atoms with Gasteiger partial charge in [0.05, 0.1) is 16.9 Å². The maximum Gasteiger partial charge on any atom is 0.259 e. The number of halogens is 1. The quantitative estimate of drug-likeness (QED) is 0.655. The zero-order valence-electron chi connectivity index (χ0n) is 14.6. The molecule has 3 aromatic rings. The van der Waals surface area contributed by atoms with Crippen LogP contribution in [-0.4, -0.2) is 21.6 Å². The second kappa shape index (κ2) is 7.82. The molecule has 0 spiro atoms. The van der Waals surface area contributed by atoms with Crippen molar-refractivity contribution in [3.8, 4) is 0 Å². The van der Waals surface area contributed by atoms with Crippen molar-refractivity contribution in [3.05, 3.63) is 55.4 Å². The number of amides is 1. The van der Waals surface area contributed by atoms with Crippen molar-refractivity contribution in [2.75, 3.05) is 11.1 Å². The van der Waals surface area contributed by atoms with E-state index in [2.05, 4.69) is 15.3 Å². The van der Waals surface area contributed by atoms with E-state index in [0.29, 0.717) is 27.7 Å². The lowest BCUT2D eigenvalue weighted by Crippen LogP contribution is -2.15. The van der Waals surface area contributed by atoms with Crippen molar-refractivity contribution < 1.29 is 4.79 Å². The number of aromatic nitrogens is 2. The molecule has 0 unspecified atom stereocenters. The van der Waals surface area contributed by atoms with Gasteiger partial charge in [0.15, 0.2) is 0 Å². The molecule has 0 bridgehead atoms. The molecular formula is C18H18ClN3O2S2. The van der Waals surface area contributed by atoms with E-state index >= 15 is 0 Å². The van der Waals surface area contributed by atoms with Gasteiger partial charge >= 0.3 is 0 Å². The lowest BCUT2D eigenvalue weighted by Gasteiger charge is -2.07. The molecule has 8 heteroatoms. The molecule has 2 heterocycles. The first-order valence-corrected chi connectivity index (χ1v) is 10.3. The number of H-pyrrole nitrogens is 1. The van der Waals surface area contributed by atoms with Crippen LogP contribution < -0.4 is 10.9 Å². The van der Waals surface area contributed by atoms with Gasteiger partial charge in [0.25, 0.3) is 5.56 Å². The molecule has 0 radical (unpaired) electrons. The fraction of sp³-hybridized carbons (Fsp3) is 0.278. The topological polar surface area (TPSA) is 74.8 Å². The van der Waals surface area contributed by atoms with Crippen LogP contribution in [0.1, 0.15) is 21.8 Å². The second-order valence-corrected chi connectivity index (χ2v) is 8.58. The summed E-state index contributed by atoms with van der Waals surface area (Å²) in [6.07, 6.45) is 0. The number of nitrogens with zero attached hydrogens (tertiary/aromatic N) is 1. The zero-order valence-corrected chi connectivity index (χ0v) is 17.0. The summed E-state index contributed by atoms with van der Waals surface area (Å²) in [7, 11) is 0. The number of hydrogen-bond acceptors (Lipinski definition) is 5. The molecule has 0 aliphatic rings. The van der Waals surface area contributed by atoms with Gasteiger partial charge in [-0.25, -0.2) is 4.98 Å². The number of anilines is 1. The summed E-state index contributed by atoms with van der Waals surface area (Å²) in [5, 5.41) is 4.09. The minimum atomic E-state index is -0.124. The Morgan fingerprint density at radius 1 is 1.35 bits per heavy atom. The predicted octanol–water partition coefficient (Wildman–Crippen LogP) is 4.44. The molecule has 1 aromatic carbocycles. The molecule has 0 saturated carbocycles. The molecule has 2 aromatic heterocycles. The van der Waals surface area contributed by atoms with Crippen molar-refractivity contribution in [2.24, 2.45) is 0 Å². The third kappa shape index (κ3) is 4.11. The van der Waals surface area contributed by atoms with Crippen LogP contribution in [0.15, 0.2) is 23.0 Å². The molecule has 0 atom stereocenters. The molecule has 0 fully saturated rings. The Morgan fingerprint density at radius 3 is 2.85 bits per heavy atom. The maximum absolute atomic E-state index is 12.2. The normalized spacial score (nSPS) is 11.1. The van der Waals surface area contributed by atoms with Gasteiger partial charge in [-0.3, -0.25) is 9.59 Å². The van der Waals surface area contributed by atoms with E-state index in [0.717, 1.165) is 20.8 Å². The highest BCUT2D eigenvalue weighted by Crippen LogP contribution is 2.26. The SMILES string of the molecule is Cc1ccc(NC(=O)CSCc2nc3sc(C)c(C)c3c(=O)[nH]2)cc1Cl. The van der Waals surface area contributed by atoms with Gasteiger partial charge in [0, 0.05) is 15.6 Å². The van der Waals surface area contributed by atoms with Gasteiger partial charge in [-0.1, -0.05) is 17.7 Å². The summed E-state index contributed by atoms with van der Waals surface area (Å²) in [6, 6.07) is 5.41. The van der Waals surface area contributed by atoms with Crippen LogP contribution in [0, 0.1) is 20.8 Å². The number of hydrogen-bond donors (Lipinski definition) is 2. The Kier molecular flexibility index (Phi) is 5.70. The summed E-state index contributed by atoms with van der Waals surface area (Å²) in [4.78, 5) is 33.5. The fourth-order valence-electron chi connectivity index (χ4n) is 2.48. The highest BCUT2D eigenvalue weighted by Gasteiger charge is 2.12. The third-order valence-corrected chi connectivity index (χ3v) is 6.47. The van der Waals surface area contributed by atoms with Crippen LogP contribution in [0.5, 0.6) is 0 Å². The zero-order chi connectivity index (χ0) is 18.8. The Morgan fingerprint density at radius 2 is 2.12 bits per heavy atom. The van der Waals surface area contributed by atoms with E-state index in [4.69, 9.17) is 11.6 Å². The molecule has 5 nitrogen and oxygen atoms in total. The number of rotatable bonds is 5. The smallest absolute Gasteiger partial charge is 0.259 e. The van der Waals surface area contributed by atoms with Gasteiger partial charge in [-0.2, -0.15) is 0 Å². The number of benzene rings is 1. The first kappa shape index (κ1) is 18.9. The molecule has 0 aliphatic carbocycles. The van der Waals surface area contributed by atoms with Crippen molar-refractivity contribution in [2.45, 2.75) is 26.5 Å². The second-order valence-electron chi connectivity index (χ2n) is 5.98. The van der Waals surface area contributed by atoms with Crippen molar-refractivity contribution in [1.29, 1.82) is 0 Å². The van der Waals surface area contributed by atoms with E-state index in [1.54, 1.807) is 6.07 Å². The molecule has 0 saturated heterocycles. The van der Waals surface area contributed by atoms with Crippen molar-refractivity contribution >= 4 is 56.5 Å². The van der Waals surface area contributed by atoms with Gasteiger partial charge in [-0.15, -0.1) is 23.1 Å². The minimum Gasteiger partial charge on any atom is -0.325 e. The van der Waals surface area contributed by atoms with Crippen LogP contribution in [0.2, 0.25) is 5.02 Å². The number of carbonyl (C=O) groups excluding carboxylic acids is 1. The lowest BCUT2D eigenvalue weighted by molar-refractivity contribution is -0.113. The van der Waals surface area contributed by atoms with Crippen LogP contribution in [-0.2, 0) is 10.5 Å².